The van der Waals surface area contributed by atoms with Crippen molar-refractivity contribution in [1.29, 1.82) is 0 Å². The predicted octanol–water partition coefficient (Wildman–Crippen LogP) is 1.23. The fourth-order valence-corrected chi connectivity index (χ4v) is 0.902. The summed E-state index contributed by atoms with van der Waals surface area (Å²) < 4.78 is 0. The standard InChI is InChI=1S/C9H12O2/c1-7(11)9-4-2-8(6-10)3-5-9/h2-5,7,10-11H,6H2,1H3/t7-/m1/s1. The van der Waals surface area contributed by atoms with E-state index in [0.717, 1.165) is 11.1 Å². The minimum absolute atomic E-state index is 0.0556. The summed E-state index contributed by atoms with van der Waals surface area (Å²) in [6.45, 7) is 1.77. The zero-order chi connectivity index (χ0) is 8.27. The molecule has 0 heterocycles. The Morgan fingerprint density at radius 3 is 2.18 bits per heavy atom. The van der Waals surface area contributed by atoms with Gasteiger partial charge in [0.2, 0.25) is 0 Å². The Kier molecular flexibility index (Phi) is 2.63. The first-order valence-corrected chi connectivity index (χ1v) is 3.62. The molecule has 2 N–H and O–H groups in total. The van der Waals surface area contributed by atoms with E-state index < -0.39 is 6.10 Å². The summed E-state index contributed by atoms with van der Waals surface area (Å²) in [6, 6.07) is 7.25. The maximum Gasteiger partial charge on any atom is 0.0761 e. The molecule has 0 amide bonds. The highest BCUT2D eigenvalue weighted by Gasteiger charge is 1.98. The molecule has 1 aromatic carbocycles. The lowest BCUT2D eigenvalue weighted by atomic mass is 10.1. The first-order chi connectivity index (χ1) is 5.24. The van der Waals surface area contributed by atoms with Crippen LogP contribution in [0.25, 0.3) is 0 Å². The smallest absolute Gasteiger partial charge is 0.0761 e. The van der Waals surface area contributed by atoms with Gasteiger partial charge < -0.3 is 10.2 Å². The first kappa shape index (κ1) is 8.24. The van der Waals surface area contributed by atoms with E-state index in [-0.39, 0.29) is 6.61 Å². The van der Waals surface area contributed by atoms with Gasteiger partial charge in [0, 0.05) is 0 Å². The van der Waals surface area contributed by atoms with Gasteiger partial charge in [-0.3, -0.25) is 0 Å². The summed E-state index contributed by atoms with van der Waals surface area (Å²) in [6.07, 6.45) is -0.428. The molecule has 0 fully saturated rings. The van der Waals surface area contributed by atoms with Crippen LogP contribution >= 0.6 is 0 Å². The van der Waals surface area contributed by atoms with Crippen LogP contribution in [0.2, 0.25) is 0 Å². The van der Waals surface area contributed by atoms with Crippen molar-refractivity contribution in [1.82, 2.24) is 0 Å². The molecule has 1 atom stereocenters. The van der Waals surface area contributed by atoms with Crippen LogP contribution in [0, 0.1) is 0 Å². The Hall–Kier alpha value is -0.860. The maximum atomic E-state index is 9.12. The molecule has 0 aliphatic carbocycles. The van der Waals surface area contributed by atoms with Crippen molar-refractivity contribution >= 4 is 0 Å². The maximum absolute atomic E-state index is 9.12. The van der Waals surface area contributed by atoms with Gasteiger partial charge in [0.15, 0.2) is 0 Å². The lowest BCUT2D eigenvalue weighted by Gasteiger charge is -2.03. The van der Waals surface area contributed by atoms with Gasteiger partial charge in [0.25, 0.3) is 0 Å². The fourth-order valence-electron chi connectivity index (χ4n) is 0.902. The van der Waals surface area contributed by atoms with Crippen LogP contribution in [-0.4, -0.2) is 10.2 Å². The van der Waals surface area contributed by atoms with Gasteiger partial charge >= 0.3 is 0 Å². The molecule has 0 aromatic heterocycles. The van der Waals surface area contributed by atoms with Crippen LogP contribution in [-0.2, 0) is 6.61 Å². The van der Waals surface area contributed by atoms with Crippen molar-refractivity contribution in [3.8, 4) is 0 Å². The van der Waals surface area contributed by atoms with Crippen molar-refractivity contribution in [3.05, 3.63) is 35.4 Å². The lowest BCUT2D eigenvalue weighted by Crippen LogP contribution is -1.91. The van der Waals surface area contributed by atoms with Gasteiger partial charge in [-0.2, -0.15) is 0 Å². The van der Waals surface area contributed by atoms with E-state index >= 15 is 0 Å². The van der Waals surface area contributed by atoms with Gasteiger partial charge in [-0.25, -0.2) is 0 Å². The minimum Gasteiger partial charge on any atom is -0.392 e. The minimum atomic E-state index is -0.428. The molecule has 0 saturated carbocycles. The van der Waals surface area contributed by atoms with Crippen LogP contribution in [0.1, 0.15) is 24.2 Å². The van der Waals surface area contributed by atoms with E-state index in [1.165, 1.54) is 0 Å². The second-order valence-electron chi connectivity index (χ2n) is 2.58. The molecule has 0 spiro atoms. The molecular formula is C9H12O2. The molecule has 0 aliphatic rings. The van der Waals surface area contributed by atoms with Crippen molar-refractivity contribution in [3.63, 3.8) is 0 Å². The van der Waals surface area contributed by atoms with Gasteiger partial charge in [-0.05, 0) is 18.1 Å². The SMILES string of the molecule is C[C@@H](O)c1ccc(CO)cc1. The number of hydrogen-bond donors (Lipinski definition) is 2. The highest BCUT2D eigenvalue weighted by molar-refractivity contribution is 5.23. The third-order valence-corrected chi connectivity index (χ3v) is 1.64. The predicted molar refractivity (Wildman–Crippen MR) is 43.0 cm³/mol. The van der Waals surface area contributed by atoms with Gasteiger partial charge in [0.05, 0.1) is 12.7 Å². The van der Waals surface area contributed by atoms with Crippen molar-refractivity contribution in [2.45, 2.75) is 19.6 Å². The zero-order valence-corrected chi connectivity index (χ0v) is 6.49. The Morgan fingerprint density at radius 2 is 1.82 bits per heavy atom. The summed E-state index contributed by atoms with van der Waals surface area (Å²) in [7, 11) is 0. The van der Waals surface area contributed by atoms with E-state index in [2.05, 4.69) is 0 Å². The number of benzene rings is 1. The fraction of sp³-hybridized carbons (Fsp3) is 0.333. The molecular weight excluding hydrogens is 140 g/mol. The topological polar surface area (TPSA) is 40.5 Å². The average Bonchev–Trinajstić information content (AvgIpc) is 2.05. The summed E-state index contributed by atoms with van der Waals surface area (Å²) in [5.41, 5.74) is 1.75. The molecule has 1 rings (SSSR count). The van der Waals surface area contributed by atoms with Gasteiger partial charge in [0.1, 0.15) is 0 Å². The Labute approximate surface area is 66.1 Å². The van der Waals surface area contributed by atoms with Crippen molar-refractivity contribution in [2.75, 3.05) is 0 Å². The Balaban J connectivity index is 2.83. The summed E-state index contributed by atoms with van der Waals surface area (Å²) in [4.78, 5) is 0. The normalized spacial score (nSPS) is 13.0. The zero-order valence-electron chi connectivity index (χ0n) is 6.49. The largest absolute Gasteiger partial charge is 0.392 e. The molecule has 0 aliphatic heterocycles. The molecule has 0 bridgehead atoms. The van der Waals surface area contributed by atoms with Gasteiger partial charge in [-0.1, -0.05) is 24.3 Å². The second-order valence-corrected chi connectivity index (χ2v) is 2.58. The third kappa shape index (κ3) is 2.03. The second kappa shape index (κ2) is 3.51. The Bertz CT molecular complexity index is 214. The molecule has 1 aromatic rings. The van der Waals surface area contributed by atoms with E-state index in [1.54, 1.807) is 6.92 Å². The molecule has 60 valence electrons. The summed E-state index contributed by atoms with van der Waals surface area (Å²) in [5.74, 6) is 0. The molecule has 0 unspecified atom stereocenters. The van der Waals surface area contributed by atoms with Crippen LogP contribution < -0.4 is 0 Å². The van der Waals surface area contributed by atoms with Crippen molar-refractivity contribution in [2.24, 2.45) is 0 Å². The van der Waals surface area contributed by atoms with E-state index in [1.807, 2.05) is 24.3 Å². The number of aliphatic hydroxyl groups is 2. The van der Waals surface area contributed by atoms with Gasteiger partial charge in [-0.15, -0.1) is 0 Å². The van der Waals surface area contributed by atoms with E-state index in [9.17, 15) is 0 Å². The van der Waals surface area contributed by atoms with E-state index in [0.29, 0.717) is 0 Å². The van der Waals surface area contributed by atoms with Crippen molar-refractivity contribution < 1.29 is 10.2 Å². The molecule has 0 saturated heterocycles. The third-order valence-electron chi connectivity index (χ3n) is 1.64. The summed E-state index contributed by atoms with van der Waals surface area (Å²) in [5, 5.41) is 17.8. The van der Waals surface area contributed by atoms with Crippen LogP contribution in [0.3, 0.4) is 0 Å². The Morgan fingerprint density at radius 1 is 1.27 bits per heavy atom. The van der Waals surface area contributed by atoms with Crippen LogP contribution in [0.5, 0.6) is 0 Å². The number of hydrogen-bond acceptors (Lipinski definition) is 2. The highest BCUT2D eigenvalue weighted by Crippen LogP contribution is 2.12. The van der Waals surface area contributed by atoms with Crippen LogP contribution in [0.15, 0.2) is 24.3 Å². The molecule has 2 nitrogen and oxygen atoms in total. The first-order valence-electron chi connectivity index (χ1n) is 3.62. The number of rotatable bonds is 2. The summed E-state index contributed by atoms with van der Waals surface area (Å²) >= 11 is 0. The number of aliphatic hydroxyl groups excluding tert-OH is 2. The van der Waals surface area contributed by atoms with E-state index in [4.69, 9.17) is 10.2 Å². The highest BCUT2D eigenvalue weighted by atomic mass is 16.3. The lowest BCUT2D eigenvalue weighted by molar-refractivity contribution is 0.199. The van der Waals surface area contributed by atoms with Crippen LogP contribution in [0.4, 0.5) is 0 Å². The quantitative estimate of drug-likeness (QED) is 0.669. The monoisotopic (exact) mass is 152 g/mol. The average molecular weight is 152 g/mol. The molecule has 11 heavy (non-hydrogen) atoms. The molecule has 0 radical (unpaired) electrons. The molecule has 2 heteroatoms.